The fraction of sp³-hybridized carbons (Fsp3) is 0.467. The number of hydrogen-bond acceptors (Lipinski definition) is 5. The van der Waals surface area contributed by atoms with Crippen molar-refractivity contribution in [1.29, 1.82) is 0 Å². The molecule has 8 nitrogen and oxygen atoms in total. The Bertz CT molecular complexity index is 1620. The highest BCUT2D eigenvalue weighted by Gasteiger charge is 2.25. The Morgan fingerprint density at radius 2 is 1.82 bits per heavy atom. The third-order valence-electron chi connectivity index (χ3n) is 8.16. The van der Waals surface area contributed by atoms with Crippen molar-refractivity contribution < 1.29 is 5.11 Å². The fourth-order valence-corrected chi connectivity index (χ4v) is 6.26. The molecule has 5 aromatic rings. The van der Waals surface area contributed by atoms with Gasteiger partial charge in [-0.1, -0.05) is 45.2 Å². The van der Waals surface area contributed by atoms with Crippen molar-refractivity contribution in [2.45, 2.75) is 78.4 Å². The van der Waals surface area contributed by atoms with Gasteiger partial charge in [-0.05, 0) is 50.7 Å². The quantitative estimate of drug-likeness (QED) is 0.309. The van der Waals surface area contributed by atoms with Crippen LogP contribution < -0.4 is 0 Å². The van der Waals surface area contributed by atoms with Crippen molar-refractivity contribution >= 4 is 21.9 Å². The Hall–Kier alpha value is -3.52. The molecular weight excluding hydrogens is 474 g/mol. The highest BCUT2D eigenvalue weighted by molar-refractivity contribution is 5.94. The van der Waals surface area contributed by atoms with Crippen molar-refractivity contribution in [3.63, 3.8) is 0 Å². The van der Waals surface area contributed by atoms with Gasteiger partial charge in [0.15, 0.2) is 5.65 Å². The molecule has 0 bridgehead atoms. The standard InChI is InChI=1S/C30H37N7O/c1-18(2)28-20(4)37(26-14-22-15-35(5)34-30(22)31-19(26)3)33-29(28)23-12-9-13-25-24(23)16-36(32-25)17-27(38)21-10-7-6-8-11-21/h9,12-16,18,21,27,38H,6-8,10-11,17H2,1-5H3. The lowest BCUT2D eigenvalue weighted by molar-refractivity contribution is 0.0667. The maximum atomic E-state index is 10.9. The Kier molecular flexibility index (Phi) is 6.30. The number of aromatic nitrogens is 7. The molecule has 1 fully saturated rings. The summed E-state index contributed by atoms with van der Waals surface area (Å²) in [6.45, 7) is 9.12. The first kappa shape index (κ1) is 24.8. The molecule has 6 rings (SSSR count). The Labute approximate surface area is 223 Å². The molecule has 8 heteroatoms. The van der Waals surface area contributed by atoms with Crippen LogP contribution in [0.1, 0.15) is 68.8 Å². The number of aliphatic hydroxyl groups excluding tert-OH is 1. The van der Waals surface area contributed by atoms with E-state index >= 15 is 0 Å². The number of benzene rings is 1. The molecule has 1 atom stereocenters. The second kappa shape index (κ2) is 9.66. The molecule has 1 aromatic carbocycles. The van der Waals surface area contributed by atoms with Crippen LogP contribution in [0.4, 0.5) is 0 Å². The summed E-state index contributed by atoms with van der Waals surface area (Å²) in [7, 11) is 1.92. The van der Waals surface area contributed by atoms with E-state index < -0.39 is 0 Å². The SMILES string of the molecule is Cc1nc2nn(C)cc2cc1-n1nc(-c2cccc3nn(CC(O)C4CCCCC4)cc23)c(C(C)C)c1C. The van der Waals surface area contributed by atoms with Gasteiger partial charge in [-0.15, -0.1) is 0 Å². The first-order valence-electron chi connectivity index (χ1n) is 13.9. The van der Waals surface area contributed by atoms with Crippen LogP contribution in [0.25, 0.3) is 38.9 Å². The highest BCUT2D eigenvalue weighted by Crippen LogP contribution is 2.37. The number of nitrogens with zero attached hydrogens (tertiary/aromatic N) is 7. The Morgan fingerprint density at radius 3 is 2.58 bits per heavy atom. The van der Waals surface area contributed by atoms with Crippen LogP contribution in [-0.4, -0.2) is 45.5 Å². The minimum Gasteiger partial charge on any atom is -0.391 e. The minimum atomic E-state index is -0.362. The number of rotatable bonds is 6. The Morgan fingerprint density at radius 1 is 1.03 bits per heavy atom. The van der Waals surface area contributed by atoms with Crippen LogP contribution >= 0.6 is 0 Å². The zero-order valence-electron chi connectivity index (χ0n) is 23.0. The average Bonchev–Trinajstić information content (AvgIpc) is 3.57. The zero-order chi connectivity index (χ0) is 26.6. The van der Waals surface area contributed by atoms with Gasteiger partial charge in [0.25, 0.3) is 0 Å². The minimum absolute atomic E-state index is 0.285. The predicted molar refractivity (Wildman–Crippen MR) is 151 cm³/mol. The summed E-state index contributed by atoms with van der Waals surface area (Å²) in [4.78, 5) is 4.76. The molecule has 1 aliphatic rings. The monoisotopic (exact) mass is 511 g/mol. The van der Waals surface area contributed by atoms with Crippen LogP contribution in [0, 0.1) is 19.8 Å². The summed E-state index contributed by atoms with van der Waals surface area (Å²) in [5, 5.41) is 27.5. The molecule has 0 radical (unpaired) electrons. The van der Waals surface area contributed by atoms with Gasteiger partial charge in [0, 0.05) is 47.0 Å². The molecule has 198 valence electrons. The van der Waals surface area contributed by atoms with E-state index in [1.165, 1.54) is 24.8 Å². The molecule has 1 saturated carbocycles. The number of aliphatic hydroxyl groups is 1. The summed E-state index contributed by atoms with van der Waals surface area (Å²) in [6, 6.07) is 8.37. The van der Waals surface area contributed by atoms with E-state index in [1.807, 2.05) is 35.6 Å². The van der Waals surface area contributed by atoms with E-state index in [0.717, 1.165) is 63.1 Å². The van der Waals surface area contributed by atoms with Crippen molar-refractivity contribution in [1.82, 2.24) is 34.3 Å². The van der Waals surface area contributed by atoms with Gasteiger partial charge in [0.05, 0.1) is 35.2 Å². The normalized spacial score (nSPS) is 15.8. The van der Waals surface area contributed by atoms with Gasteiger partial charge in [0.2, 0.25) is 0 Å². The lowest BCUT2D eigenvalue weighted by atomic mass is 9.85. The molecule has 0 spiro atoms. The topological polar surface area (TPSA) is 86.6 Å². The van der Waals surface area contributed by atoms with Crippen molar-refractivity contribution in [2.75, 3.05) is 0 Å². The second-order valence-corrected chi connectivity index (χ2v) is 11.3. The third-order valence-corrected chi connectivity index (χ3v) is 8.16. The van der Waals surface area contributed by atoms with E-state index in [1.54, 1.807) is 4.68 Å². The number of fused-ring (bicyclic) bond motifs is 2. The van der Waals surface area contributed by atoms with E-state index in [4.69, 9.17) is 15.2 Å². The molecule has 38 heavy (non-hydrogen) atoms. The molecule has 4 aromatic heterocycles. The summed E-state index contributed by atoms with van der Waals surface area (Å²) in [5.74, 6) is 0.656. The first-order valence-corrected chi connectivity index (χ1v) is 13.9. The summed E-state index contributed by atoms with van der Waals surface area (Å²) in [6.07, 6.45) is 9.66. The van der Waals surface area contributed by atoms with Gasteiger partial charge < -0.3 is 5.11 Å². The van der Waals surface area contributed by atoms with Crippen molar-refractivity contribution in [3.8, 4) is 16.9 Å². The molecule has 0 saturated heterocycles. The molecule has 0 amide bonds. The van der Waals surface area contributed by atoms with Crippen LogP contribution in [0.3, 0.4) is 0 Å². The number of hydrogen-bond donors (Lipinski definition) is 1. The Balaban J connectivity index is 1.43. The molecule has 4 heterocycles. The van der Waals surface area contributed by atoms with E-state index in [2.05, 4.69) is 50.3 Å². The van der Waals surface area contributed by atoms with Gasteiger partial charge in [-0.25, -0.2) is 9.67 Å². The van der Waals surface area contributed by atoms with E-state index in [0.29, 0.717) is 12.5 Å². The van der Waals surface area contributed by atoms with Gasteiger partial charge >= 0.3 is 0 Å². The molecule has 0 aliphatic heterocycles. The van der Waals surface area contributed by atoms with Crippen LogP contribution in [-0.2, 0) is 13.6 Å². The summed E-state index contributed by atoms with van der Waals surface area (Å²) < 4.78 is 5.76. The molecule has 1 unspecified atom stereocenters. The third kappa shape index (κ3) is 4.30. The smallest absolute Gasteiger partial charge is 0.181 e. The maximum absolute atomic E-state index is 10.9. The van der Waals surface area contributed by atoms with Crippen molar-refractivity contribution in [3.05, 3.63) is 53.6 Å². The van der Waals surface area contributed by atoms with Crippen LogP contribution in [0.15, 0.2) is 36.7 Å². The van der Waals surface area contributed by atoms with Crippen molar-refractivity contribution in [2.24, 2.45) is 13.0 Å². The highest BCUT2D eigenvalue weighted by atomic mass is 16.3. The summed E-state index contributed by atoms with van der Waals surface area (Å²) in [5.41, 5.74) is 7.91. The molecule has 1 N–H and O–H groups in total. The zero-order valence-corrected chi connectivity index (χ0v) is 23.0. The van der Waals surface area contributed by atoms with Crippen LogP contribution in [0.2, 0.25) is 0 Å². The predicted octanol–water partition coefficient (Wildman–Crippen LogP) is 5.85. The molecule has 1 aliphatic carbocycles. The van der Waals surface area contributed by atoms with Gasteiger partial charge in [-0.3, -0.25) is 9.36 Å². The summed E-state index contributed by atoms with van der Waals surface area (Å²) >= 11 is 0. The van der Waals surface area contributed by atoms with Crippen LogP contribution in [0.5, 0.6) is 0 Å². The average molecular weight is 512 g/mol. The largest absolute Gasteiger partial charge is 0.391 e. The van der Waals surface area contributed by atoms with Gasteiger partial charge in [-0.2, -0.15) is 15.3 Å². The molecular formula is C30H37N7O. The lowest BCUT2D eigenvalue weighted by Gasteiger charge is -2.26. The van der Waals surface area contributed by atoms with E-state index in [9.17, 15) is 5.11 Å². The maximum Gasteiger partial charge on any atom is 0.181 e. The number of pyridine rings is 1. The second-order valence-electron chi connectivity index (χ2n) is 11.3. The number of aryl methyl sites for hydroxylation is 2. The first-order chi connectivity index (χ1) is 18.3. The van der Waals surface area contributed by atoms with E-state index in [-0.39, 0.29) is 12.0 Å². The lowest BCUT2D eigenvalue weighted by Crippen LogP contribution is -2.27. The fourth-order valence-electron chi connectivity index (χ4n) is 6.26. The van der Waals surface area contributed by atoms with Gasteiger partial charge in [0.1, 0.15) is 0 Å².